The van der Waals surface area contributed by atoms with Gasteiger partial charge in [-0.15, -0.1) is 0 Å². The number of aromatic amines is 2. The van der Waals surface area contributed by atoms with Crippen LogP contribution in [0.1, 0.15) is 33.7 Å². The zero-order valence-electron chi connectivity index (χ0n) is 18.3. The predicted molar refractivity (Wildman–Crippen MR) is 124 cm³/mol. The molecule has 2 atom stereocenters. The Morgan fingerprint density at radius 3 is 2.82 bits per heavy atom. The van der Waals surface area contributed by atoms with Crippen LogP contribution >= 0.6 is 0 Å². The number of carbonyl (C=O) groups is 2. The van der Waals surface area contributed by atoms with Gasteiger partial charge in [0.25, 0.3) is 17.4 Å². The summed E-state index contributed by atoms with van der Waals surface area (Å²) in [6.45, 7) is 1.57. The molecule has 0 aliphatic carbocycles. The fraction of sp³-hybridized carbons (Fsp3) is 0.280. The molecule has 2 amide bonds. The Morgan fingerprint density at radius 1 is 1.06 bits per heavy atom. The molecule has 9 heteroatoms. The molecule has 172 valence electrons. The molecule has 2 aliphatic rings. The van der Waals surface area contributed by atoms with Gasteiger partial charge in [-0.05, 0) is 49.1 Å². The van der Waals surface area contributed by atoms with Gasteiger partial charge in [0.15, 0.2) is 0 Å². The second kappa shape index (κ2) is 7.79. The van der Waals surface area contributed by atoms with Gasteiger partial charge in [0.1, 0.15) is 11.5 Å². The van der Waals surface area contributed by atoms with Crippen molar-refractivity contribution >= 4 is 33.5 Å². The molecule has 1 aromatic carbocycles. The lowest BCUT2D eigenvalue weighted by atomic mass is 9.92. The van der Waals surface area contributed by atoms with E-state index in [2.05, 4.69) is 15.0 Å². The van der Waals surface area contributed by atoms with Crippen LogP contribution in [0.5, 0.6) is 0 Å². The number of fused-ring (bicyclic) bond motifs is 3. The van der Waals surface area contributed by atoms with Crippen molar-refractivity contribution in [3.63, 3.8) is 0 Å². The molecular weight excluding hydrogens is 437 g/mol. The van der Waals surface area contributed by atoms with Crippen LogP contribution in [-0.4, -0.2) is 62.2 Å². The number of hydrogen-bond acceptors (Lipinski definition) is 4. The zero-order valence-corrected chi connectivity index (χ0v) is 18.3. The molecule has 0 radical (unpaired) electrons. The van der Waals surface area contributed by atoms with E-state index in [-0.39, 0.29) is 35.2 Å². The minimum Gasteiger partial charge on any atom is -0.351 e. The molecule has 34 heavy (non-hydrogen) atoms. The molecule has 5 heterocycles. The minimum absolute atomic E-state index is 0.0975. The van der Waals surface area contributed by atoms with Crippen molar-refractivity contribution in [2.45, 2.75) is 18.9 Å². The highest BCUT2D eigenvalue weighted by molar-refractivity contribution is 6.06. The predicted octanol–water partition coefficient (Wildman–Crippen LogP) is 2.92. The van der Waals surface area contributed by atoms with E-state index in [0.29, 0.717) is 52.6 Å². The van der Waals surface area contributed by atoms with E-state index in [0.717, 1.165) is 12.8 Å². The molecule has 0 saturated carbocycles. The number of halogens is 1. The lowest BCUT2D eigenvalue weighted by Crippen LogP contribution is -2.48. The number of hydrogen-bond donors (Lipinski definition) is 2. The van der Waals surface area contributed by atoms with E-state index in [4.69, 9.17) is 0 Å². The first-order valence-electron chi connectivity index (χ1n) is 11.3. The van der Waals surface area contributed by atoms with Gasteiger partial charge in [0.05, 0.1) is 17.0 Å². The monoisotopic (exact) mass is 459 g/mol. The first-order valence-corrected chi connectivity index (χ1v) is 11.3. The second-order valence-electron chi connectivity index (χ2n) is 9.05. The van der Waals surface area contributed by atoms with E-state index in [1.165, 1.54) is 30.7 Å². The number of benzene rings is 1. The lowest BCUT2D eigenvalue weighted by Gasteiger charge is -2.36. The molecule has 3 aromatic heterocycles. The quantitative estimate of drug-likeness (QED) is 0.481. The largest absolute Gasteiger partial charge is 0.351 e. The Morgan fingerprint density at radius 2 is 1.94 bits per heavy atom. The number of carbonyl (C=O) groups excluding carboxylic acids is 2. The lowest BCUT2D eigenvalue weighted by molar-refractivity contribution is 0.0559. The molecule has 2 fully saturated rings. The molecule has 0 unspecified atom stereocenters. The number of aromatic nitrogens is 3. The number of rotatable bonds is 2. The molecular formula is C25H22FN5O3. The van der Waals surface area contributed by atoms with Crippen molar-refractivity contribution in [1.29, 1.82) is 0 Å². The van der Waals surface area contributed by atoms with Crippen LogP contribution in [0.3, 0.4) is 0 Å². The Labute approximate surface area is 193 Å². The molecule has 0 spiro atoms. The Kier molecular flexibility index (Phi) is 4.72. The van der Waals surface area contributed by atoms with E-state index in [1.807, 2.05) is 4.90 Å². The SMILES string of the molecule is O=C(c1cncc2c(=O)[nH]ccc12)N1C[C@@H]2CCCN(C(=O)c3cc4cc(F)ccc4[nH]3)[C@@H]2C1. The summed E-state index contributed by atoms with van der Waals surface area (Å²) in [4.78, 5) is 52.4. The van der Waals surface area contributed by atoms with Crippen LogP contribution in [0.25, 0.3) is 21.7 Å². The highest BCUT2D eigenvalue weighted by Crippen LogP contribution is 2.33. The number of piperidine rings is 1. The molecule has 2 aliphatic heterocycles. The minimum atomic E-state index is -0.349. The van der Waals surface area contributed by atoms with E-state index in [9.17, 15) is 18.8 Å². The van der Waals surface area contributed by atoms with Crippen molar-refractivity contribution in [2.24, 2.45) is 5.92 Å². The molecule has 8 nitrogen and oxygen atoms in total. The normalized spacial score (nSPS) is 20.1. The maximum Gasteiger partial charge on any atom is 0.270 e. The summed E-state index contributed by atoms with van der Waals surface area (Å²) in [5.41, 5.74) is 1.23. The first-order chi connectivity index (χ1) is 16.5. The van der Waals surface area contributed by atoms with Gasteiger partial charge in [-0.1, -0.05) is 0 Å². The topological polar surface area (TPSA) is 102 Å². The van der Waals surface area contributed by atoms with Gasteiger partial charge in [-0.3, -0.25) is 19.4 Å². The second-order valence-corrected chi connectivity index (χ2v) is 9.05. The summed E-state index contributed by atoms with van der Waals surface area (Å²) in [6, 6.07) is 7.69. The molecule has 0 bridgehead atoms. The number of pyridine rings is 2. The Hall–Kier alpha value is -4.01. The van der Waals surface area contributed by atoms with Gasteiger partial charge in [0.2, 0.25) is 0 Å². The zero-order chi connectivity index (χ0) is 23.4. The van der Waals surface area contributed by atoms with Gasteiger partial charge in [-0.2, -0.15) is 0 Å². The highest BCUT2D eigenvalue weighted by atomic mass is 19.1. The van der Waals surface area contributed by atoms with Crippen LogP contribution in [0.4, 0.5) is 4.39 Å². The Balaban J connectivity index is 1.28. The number of likely N-dealkylation sites (tertiary alicyclic amines) is 2. The van der Waals surface area contributed by atoms with Crippen LogP contribution in [-0.2, 0) is 0 Å². The standard InChI is InChI=1S/C25H22FN5O3/c26-16-3-4-20-15(8-16)9-21(29-20)25(34)31-7-1-2-14-12-30(13-22(14)31)24(33)19-11-27-10-18-17(19)5-6-28-23(18)32/h3-6,8-11,14,22,29H,1-2,7,12-13H2,(H,28,32)/t14-,22+/m0/s1. The van der Waals surface area contributed by atoms with Crippen molar-refractivity contribution in [3.8, 4) is 0 Å². The maximum atomic E-state index is 13.6. The third-order valence-electron chi connectivity index (χ3n) is 7.07. The van der Waals surface area contributed by atoms with E-state index >= 15 is 0 Å². The van der Waals surface area contributed by atoms with Gasteiger partial charge < -0.3 is 19.8 Å². The van der Waals surface area contributed by atoms with Gasteiger partial charge >= 0.3 is 0 Å². The van der Waals surface area contributed by atoms with Crippen LogP contribution < -0.4 is 5.56 Å². The fourth-order valence-corrected chi connectivity index (χ4v) is 5.42. The summed E-state index contributed by atoms with van der Waals surface area (Å²) in [6.07, 6.45) is 6.27. The number of H-pyrrole nitrogens is 2. The summed E-state index contributed by atoms with van der Waals surface area (Å²) in [5.74, 6) is -0.501. The fourth-order valence-electron chi connectivity index (χ4n) is 5.42. The molecule has 6 rings (SSSR count). The molecule has 4 aromatic rings. The summed E-state index contributed by atoms with van der Waals surface area (Å²) in [7, 11) is 0. The first kappa shape index (κ1) is 20.6. The van der Waals surface area contributed by atoms with E-state index in [1.54, 1.807) is 23.1 Å². The van der Waals surface area contributed by atoms with Crippen LogP contribution in [0, 0.1) is 11.7 Å². The number of nitrogens with one attached hydrogen (secondary N) is 2. The van der Waals surface area contributed by atoms with Crippen molar-refractivity contribution in [2.75, 3.05) is 19.6 Å². The van der Waals surface area contributed by atoms with Crippen LogP contribution in [0.15, 0.2) is 53.7 Å². The highest BCUT2D eigenvalue weighted by Gasteiger charge is 2.43. The maximum absolute atomic E-state index is 13.6. The van der Waals surface area contributed by atoms with Crippen molar-refractivity contribution in [3.05, 3.63) is 76.4 Å². The van der Waals surface area contributed by atoms with Crippen molar-refractivity contribution < 1.29 is 14.0 Å². The van der Waals surface area contributed by atoms with Crippen LogP contribution in [0.2, 0.25) is 0 Å². The summed E-state index contributed by atoms with van der Waals surface area (Å²) < 4.78 is 13.6. The summed E-state index contributed by atoms with van der Waals surface area (Å²) in [5, 5.41) is 1.59. The van der Waals surface area contributed by atoms with Gasteiger partial charge in [0, 0.05) is 54.5 Å². The van der Waals surface area contributed by atoms with Crippen molar-refractivity contribution in [1.82, 2.24) is 24.8 Å². The third-order valence-corrected chi connectivity index (χ3v) is 7.07. The average molecular weight is 459 g/mol. The van der Waals surface area contributed by atoms with Gasteiger partial charge in [-0.25, -0.2) is 4.39 Å². The smallest absolute Gasteiger partial charge is 0.270 e. The third kappa shape index (κ3) is 3.27. The summed E-state index contributed by atoms with van der Waals surface area (Å²) >= 11 is 0. The Bertz CT molecular complexity index is 1510. The molecule has 2 saturated heterocycles. The average Bonchev–Trinajstić information content (AvgIpc) is 3.47. The number of amides is 2. The van der Waals surface area contributed by atoms with E-state index < -0.39 is 0 Å². The number of nitrogens with zero attached hydrogens (tertiary/aromatic N) is 3. The molecule has 2 N–H and O–H groups in total.